The Kier molecular flexibility index (Phi) is 3.77. The summed E-state index contributed by atoms with van der Waals surface area (Å²) in [7, 11) is 0. The Balaban J connectivity index is 2.24. The van der Waals surface area contributed by atoms with Crippen LogP contribution in [0.2, 0.25) is 0 Å². The molecule has 0 atom stereocenters. The molecule has 0 unspecified atom stereocenters. The predicted molar refractivity (Wildman–Crippen MR) is 73.9 cm³/mol. The monoisotopic (exact) mass is 305 g/mol. The molecule has 1 aromatic carbocycles. The van der Waals surface area contributed by atoms with Crippen molar-refractivity contribution in [3.05, 3.63) is 68.5 Å². The maximum Gasteiger partial charge on any atom is 0.251 e. The van der Waals surface area contributed by atoms with E-state index in [1.165, 1.54) is 10.6 Å². The molecule has 0 amide bonds. The van der Waals surface area contributed by atoms with Gasteiger partial charge in [0.15, 0.2) is 5.78 Å². The van der Waals surface area contributed by atoms with Crippen molar-refractivity contribution in [3.63, 3.8) is 0 Å². The number of ketones is 1. The number of halogens is 1. The van der Waals surface area contributed by atoms with Crippen LogP contribution in [-0.2, 0) is 6.54 Å². The molecule has 0 N–H and O–H groups in total. The molecule has 0 aliphatic carbocycles. The van der Waals surface area contributed by atoms with E-state index in [-0.39, 0.29) is 17.9 Å². The Morgan fingerprint density at radius 3 is 2.50 bits per heavy atom. The van der Waals surface area contributed by atoms with Gasteiger partial charge in [-0.2, -0.15) is 0 Å². The van der Waals surface area contributed by atoms with Crippen molar-refractivity contribution in [3.8, 4) is 0 Å². The number of hydrogen-bond acceptors (Lipinski definition) is 2. The summed E-state index contributed by atoms with van der Waals surface area (Å²) >= 11 is 3.28. The molecule has 0 spiro atoms. The summed E-state index contributed by atoms with van der Waals surface area (Å²) in [5.74, 6) is -0.0739. The second-order valence-electron chi connectivity index (χ2n) is 4.10. The molecule has 18 heavy (non-hydrogen) atoms. The van der Waals surface area contributed by atoms with Crippen molar-refractivity contribution >= 4 is 21.7 Å². The first kappa shape index (κ1) is 12.8. The largest absolute Gasteiger partial charge is 0.307 e. The Morgan fingerprint density at radius 1 is 1.17 bits per heavy atom. The van der Waals surface area contributed by atoms with Gasteiger partial charge in [-0.3, -0.25) is 9.59 Å². The zero-order chi connectivity index (χ0) is 13.1. The van der Waals surface area contributed by atoms with E-state index >= 15 is 0 Å². The van der Waals surface area contributed by atoms with Crippen LogP contribution < -0.4 is 5.56 Å². The van der Waals surface area contributed by atoms with E-state index in [0.717, 1.165) is 10.0 Å². The number of aryl methyl sites for hydroxylation is 1. The molecule has 3 nitrogen and oxygen atoms in total. The number of rotatable bonds is 3. The van der Waals surface area contributed by atoms with Gasteiger partial charge in [0.05, 0.1) is 6.54 Å². The third-order valence-electron chi connectivity index (χ3n) is 2.63. The third-order valence-corrected chi connectivity index (χ3v) is 3.10. The number of benzene rings is 1. The minimum atomic E-state index is -0.182. The number of pyridine rings is 1. The van der Waals surface area contributed by atoms with Gasteiger partial charge in [0, 0.05) is 22.3 Å². The van der Waals surface area contributed by atoms with E-state index in [4.69, 9.17) is 0 Å². The van der Waals surface area contributed by atoms with Gasteiger partial charge in [-0.25, -0.2) is 0 Å². The number of Topliss-reactive ketones (excluding diaryl/α,β-unsaturated/α-hetero) is 1. The number of carbonyl (C=O) groups is 1. The van der Waals surface area contributed by atoms with E-state index in [0.29, 0.717) is 5.56 Å². The Hall–Kier alpha value is -1.68. The first-order valence-electron chi connectivity index (χ1n) is 5.52. The number of nitrogens with zero attached hydrogens (tertiary/aromatic N) is 1. The van der Waals surface area contributed by atoms with Crippen LogP contribution >= 0.6 is 15.9 Å². The van der Waals surface area contributed by atoms with Crippen molar-refractivity contribution in [1.29, 1.82) is 0 Å². The normalized spacial score (nSPS) is 10.3. The van der Waals surface area contributed by atoms with Crippen LogP contribution in [0.1, 0.15) is 15.9 Å². The first-order chi connectivity index (χ1) is 8.56. The molecule has 0 fully saturated rings. The lowest BCUT2D eigenvalue weighted by Gasteiger charge is -2.05. The van der Waals surface area contributed by atoms with Crippen LogP contribution in [0.3, 0.4) is 0 Å². The second-order valence-corrected chi connectivity index (χ2v) is 5.02. The van der Waals surface area contributed by atoms with Gasteiger partial charge in [0.25, 0.3) is 5.56 Å². The highest BCUT2D eigenvalue weighted by Crippen LogP contribution is 2.07. The third kappa shape index (κ3) is 2.96. The highest BCUT2D eigenvalue weighted by Gasteiger charge is 2.07. The van der Waals surface area contributed by atoms with Crippen LogP contribution in [0.5, 0.6) is 0 Å². The van der Waals surface area contributed by atoms with Gasteiger partial charge in [-0.15, -0.1) is 0 Å². The lowest BCUT2D eigenvalue weighted by atomic mass is 10.1. The average Bonchev–Trinajstić information content (AvgIpc) is 2.34. The summed E-state index contributed by atoms with van der Waals surface area (Å²) in [5, 5.41) is 0. The number of carbonyl (C=O) groups excluding carboxylic acids is 1. The number of hydrogen-bond donors (Lipinski definition) is 0. The molecule has 1 heterocycles. The quantitative estimate of drug-likeness (QED) is 0.818. The minimum absolute atomic E-state index is 0.0569. The molecule has 0 saturated carbocycles. The fourth-order valence-corrected chi connectivity index (χ4v) is 1.99. The van der Waals surface area contributed by atoms with Crippen LogP contribution in [0.15, 0.2) is 51.9 Å². The Bertz CT molecular complexity index is 629. The zero-order valence-electron chi connectivity index (χ0n) is 9.89. The van der Waals surface area contributed by atoms with Crippen LogP contribution in [0.25, 0.3) is 0 Å². The lowest BCUT2D eigenvalue weighted by Crippen LogP contribution is -2.22. The fraction of sp³-hybridized carbons (Fsp3) is 0.143. The molecule has 4 heteroatoms. The predicted octanol–water partition coefficient (Wildman–Crippen LogP) is 2.80. The van der Waals surface area contributed by atoms with Crippen molar-refractivity contribution in [1.82, 2.24) is 4.57 Å². The van der Waals surface area contributed by atoms with Crippen LogP contribution in [-0.4, -0.2) is 10.4 Å². The molecule has 0 saturated heterocycles. The molecule has 1 aromatic heterocycles. The van der Waals surface area contributed by atoms with Crippen molar-refractivity contribution in [2.45, 2.75) is 13.5 Å². The van der Waals surface area contributed by atoms with E-state index in [1.54, 1.807) is 24.4 Å². The molecular formula is C14H12BrNO2. The summed E-state index contributed by atoms with van der Waals surface area (Å²) in [4.78, 5) is 23.6. The molecule has 0 aliphatic rings. The highest BCUT2D eigenvalue weighted by atomic mass is 79.9. The van der Waals surface area contributed by atoms with Gasteiger partial charge in [0.2, 0.25) is 0 Å². The number of aromatic nitrogens is 1. The minimum Gasteiger partial charge on any atom is -0.307 e. The molecule has 0 radical (unpaired) electrons. The van der Waals surface area contributed by atoms with E-state index in [2.05, 4.69) is 15.9 Å². The van der Waals surface area contributed by atoms with Crippen molar-refractivity contribution in [2.75, 3.05) is 0 Å². The summed E-state index contributed by atoms with van der Waals surface area (Å²) < 4.78 is 2.17. The van der Waals surface area contributed by atoms with Gasteiger partial charge in [-0.05, 0) is 28.9 Å². The Morgan fingerprint density at radius 2 is 1.83 bits per heavy atom. The lowest BCUT2D eigenvalue weighted by molar-refractivity contribution is 0.0971. The van der Waals surface area contributed by atoms with Crippen LogP contribution in [0.4, 0.5) is 0 Å². The maximum atomic E-state index is 12.0. The molecule has 92 valence electrons. The smallest absolute Gasteiger partial charge is 0.251 e. The second kappa shape index (κ2) is 5.31. The molecule has 2 rings (SSSR count). The summed E-state index contributed by atoms with van der Waals surface area (Å²) in [6.07, 6.45) is 1.62. The van der Waals surface area contributed by atoms with Gasteiger partial charge in [-0.1, -0.05) is 29.8 Å². The Labute approximate surface area is 113 Å². The maximum absolute atomic E-state index is 12.0. The molecule has 2 aromatic rings. The topological polar surface area (TPSA) is 39.1 Å². The highest BCUT2D eigenvalue weighted by molar-refractivity contribution is 9.10. The van der Waals surface area contributed by atoms with Crippen molar-refractivity contribution < 1.29 is 4.79 Å². The zero-order valence-corrected chi connectivity index (χ0v) is 11.5. The summed E-state index contributed by atoms with van der Waals surface area (Å²) in [6.45, 7) is 2.02. The van der Waals surface area contributed by atoms with E-state index in [9.17, 15) is 9.59 Å². The SMILES string of the molecule is Cc1ccc(C(=O)Cn2cc(Br)ccc2=O)cc1. The summed E-state index contributed by atoms with van der Waals surface area (Å²) in [6, 6.07) is 10.4. The van der Waals surface area contributed by atoms with Crippen LogP contribution in [0, 0.1) is 6.92 Å². The van der Waals surface area contributed by atoms with Gasteiger partial charge < -0.3 is 4.57 Å². The molecule has 0 bridgehead atoms. The summed E-state index contributed by atoms with van der Waals surface area (Å²) in [5.41, 5.74) is 1.54. The van der Waals surface area contributed by atoms with Crippen molar-refractivity contribution in [2.24, 2.45) is 0 Å². The standard InChI is InChI=1S/C14H12BrNO2/c1-10-2-4-11(5-3-10)13(17)9-16-8-12(15)6-7-14(16)18/h2-8H,9H2,1H3. The van der Waals surface area contributed by atoms with E-state index < -0.39 is 0 Å². The molecule has 0 aliphatic heterocycles. The van der Waals surface area contributed by atoms with Gasteiger partial charge in [0.1, 0.15) is 0 Å². The van der Waals surface area contributed by atoms with E-state index in [1.807, 2.05) is 19.1 Å². The van der Waals surface area contributed by atoms with Gasteiger partial charge >= 0.3 is 0 Å². The average molecular weight is 306 g/mol. The molecular weight excluding hydrogens is 294 g/mol. The first-order valence-corrected chi connectivity index (χ1v) is 6.31. The fourth-order valence-electron chi connectivity index (χ4n) is 1.61.